The number of ether oxygens (including phenoxy) is 1. The van der Waals surface area contributed by atoms with Crippen LogP contribution < -0.4 is 0 Å². The Bertz CT molecular complexity index is 566. The van der Waals surface area contributed by atoms with E-state index in [9.17, 15) is 0 Å². The molecule has 112 valence electrons. The molecule has 0 amide bonds. The van der Waals surface area contributed by atoms with Gasteiger partial charge in [-0.15, -0.1) is 0 Å². The number of rotatable bonds is 3. The van der Waals surface area contributed by atoms with Crippen molar-refractivity contribution in [2.75, 3.05) is 19.7 Å². The Kier molecular flexibility index (Phi) is 3.31. The maximum absolute atomic E-state index is 6.25. The number of furan rings is 1. The molecule has 2 saturated heterocycles. The van der Waals surface area contributed by atoms with E-state index in [2.05, 4.69) is 14.5 Å². The average Bonchev–Trinajstić information content (AvgIpc) is 3.20. The lowest BCUT2D eigenvalue weighted by Crippen LogP contribution is -2.47. The van der Waals surface area contributed by atoms with Crippen LogP contribution in [0.25, 0.3) is 0 Å². The Morgan fingerprint density at radius 3 is 3.24 bits per heavy atom. The second-order valence-corrected chi connectivity index (χ2v) is 6.26. The summed E-state index contributed by atoms with van der Waals surface area (Å²) < 4.78 is 13.9. The minimum atomic E-state index is 0.0137. The smallest absolute Gasteiger partial charge is 0.117 e. The molecule has 0 aromatic carbocycles. The van der Waals surface area contributed by atoms with Crippen LogP contribution in [0.5, 0.6) is 0 Å². The molecular formula is C16H21N3O2. The molecule has 21 heavy (non-hydrogen) atoms. The fourth-order valence-corrected chi connectivity index (χ4v) is 3.73. The van der Waals surface area contributed by atoms with Gasteiger partial charge < -0.3 is 13.7 Å². The van der Waals surface area contributed by atoms with Crippen LogP contribution in [0.3, 0.4) is 0 Å². The van der Waals surface area contributed by atoms with Gasteiger partial charge in [0.05, 0.1) is 37.4 Å². The van der Waals surface area contributed by atoms with E-state index in [0.717, 1.165) is 44.8 Å². The minimum Gasteiger partial charge on any atom is -0.468 e. The predicted octanol–water partition coefficient (Wildman–Crippen LogP) is 2.47. The second kappa shape index (κ2) is 5.31. The molecule has 2 aromatic rings. The van der Waals surface area contributed by atoms with Crippen LogP contribution in [0, 0.1) is 0 Å². The first-order chi connectivity index (χ1) is 10.3. The van der Waals surface area contributed by atoms with E-state index in [-0.39, 0.29) is 5.60 Å². The highest BCUT2D eigenvalue weighted by Gasteiger charge is 2.43. The maximum atomic E-state index is 6.25. The molecule has 5 heteroatoms. The molecule has 2 aromatic heterocycles. The minimum absolute atomic E-state index is 0.0137. The van der Waals surface area contributed by atoms with Crippen LogP contribution in [0.2, 0.25) is 0 Å². The van der Waals surface area contributed by atoms with Gasteiger partial charge in [0.15, 0.2) is 0 Å². The Morgan fingerprint density at radius 1 is 1.43 bits per heavy atom. The van der Waals surface area contributed by atoms with Crippen molar-refractivity contribution in [2.24, 2.45) is 0 Å². The van der Waals surface area contributed by atoms with Crippen LogP contribution >= 0.6 is 0 Å². The maximum Gasteiger partial charge on any atom is 0.117 e. The van der Waals surface area contributed by atoms with Crippen LogP contribution in [0.1, 0.15) is 31.1 Å². The van der Waals surface area contributed by atoms with E-state index in [1.807, 2.05) is 30.9 Å². The van der Waals surface area contributed by atoms with Gasteiger partial charge in [0, 0.05) is 25.4 Å². The molecule has 2 fully saturated rings. The number of hydrogen-bond acceptors (Lipinski definition) is 4. The van der Waals surface area contributed by atoms with E-state index < -0.39 is 0 Å². The molecule has 0 bridgehead atoms. The fourth-order valence-electron chi connectivity index (χ4n) is 3.73. The highest BCUT2D eigenvalue weighted by molar-refractivity contribution is 5.02. The molecule has 2 aliphatic rings. The van der Waals surface area contributed by atoms with Crippen molar-refractivity contribution in [3.8, 4) is 0 Å². The summed E-state index contributed by atoms with van der Waals surface area (Å²) in [7, 11) is 0. The standard InChI is InChI=1S/C16H21N3O2/c1-3-15(20-8-1)10-18-6-2-4-16(12-18)9-14(11-21-16)19-7-5-17-13-19/h1,3,5,7-8,13-14H,2,4,6,9-12H2/t14-,16+/m0/s1. The molecule has 2 aliphatic heterocycles. The van der Waals surface area contributed by atoms with Gasteiger partial charge in [-0.2, -0.15) is 0 Å². The number of aromatic nitrogens is 2. The molecule has 5 nitrogen and oxygen atoms in total. The molecule has 4 heterocycles. The first-order valence-electron chi connectivity index (χ1n) is 7.69. The molecule has 2 atom stereocenters. The molecule has 0 unspecified atom stereocenters. The fraction of sp³-hybridized carbons (Fsp3) is 0.562. The summed E-state index contributed by atoms with van der Waals surface area (Å²) in [6.07, 6.45) is 11.0. The molecule has 1 spiro atoms. The van der Waals surface area contributed by atoms with Gasteiger partial charge in [-0.25, -0.2) is 4.98 Å². The van der Waals surface area contributed by atoms with E-state index in [0.29, 0.717) is 6.04 Å². The van der Waals surface area contributed by atoms with Gasteiger partial charge in [0.2, 0.25) is 0 Å². The molecule has 4 rings (SSSR count). The van der Waals surface area contributed by atoms with Gasteiger partial charge in [-0.3, -0.25) is 4.90 Å². The van der Waals surface area contributed by atoms with E-state index in [4.69, 9.17) is 9.15 Å². The zero-order chi connectivity index (χ0) is 14.1. The third kappa shape index (κ3) is 2.63. The van der Waals surface area contributed by atoms with Crippen LogP contribution in [0.4, 0.5) is 0 Å². The van der Waals surface area contributed by atoms with Gasteiger partial charge in [0.1, 0.15) is 5.76 Å². The first kappa shape index (κ1) is 13.1. The number of nitrogens with zero attached hydrogens (tertiary/aromatic N) is 3. The van der Waals surface area contributed by atoms with Gasteiger partial charge in [-0.05, 0) is 31.5 Å². The highest BCUT2D eigenvalue weighted by atomic mass is 16.5. The summed E-state index contributed by atoms with van der Waals surface area (Å²) in [5.41, 5.74) is 0.0137. The van der Waals surface area contributed by atoms with Crippen molar-refractivity contribution < 1.29 is 9.15 Å². The number of likely N-dealkylation sites (tertiary alicyclic amines) is 1. The summed E-state index contributed by atoms with van der Waals surface area (Å²) in [6.45, 7) is 3.80. The number of piperidine rings is 1. The van der Waals surface area contributed by atoms with Crippen molar-refractivity contribution >= 4 is 0 Å². The van der Waals surface area contributed by atoms with Crippen molar-refractivity contribution in [1.82, 2.24) is 14.5 Å². The predicted molar refractivity (Wildman–Crippen MR) is 77.8 cm³/mol. The lowest BCUT2D eigenvalue weighted by atomic mass is 9.88. The van der Waals surface area contributed by atoms with E-state index >= 15 is 0 Å². The largest absolute Gasteiger partial charge is 0.468 e. The molecule has 0 saturated carbocycles. The quantitative estimate of drug-likeness (QED) is 0.870. The number of imidazole rings is 1. The second-order valence-electron chi connectivity index (χ2n) is 6.26. The van der Waals surface area contributed by atoms with Crippen molar-refractivity contribution in [2.45, 2.75) is 37.5 Å². The zero-order valence-corrected chi connectivity index (χ0v) is 12.1. The zero-order valence-electron chi connectivity index (χ0n) is 12.1. The van der Waals surface area contributed by atoms with E-state index in [1.165, 1.54) is 6.42 Å². The summed E-state index contributed by atoms with van der Waals surface area (Å²) in [4.78, 5) is 6.61. The topological polar surface area (TPSA) is 43.4 Å². The Morgan fingerprint density at radius 2 is 2.43 bits per heavy atom. The Balaban J connectivity index is 1.43. The van der Waals surface area contributed by atoms with E-state index in [1.54, 1.807) is 6.26 Å². The monoisotopic (exact) mass is 287 g/mol. The van der Waals surface area contributed by atoms with Crippen LogP contribution in [-0.2, 0) is 11.3 Å². The van der Waals surface area contributed by atoms with Crippen molar-refractivity contribution in [3.05, 3.63) is 42.9 Å². The van der Waals surface area contributed by atoms with Gasteiger partial charge >= 0.3 is 0 Å². The molecule has 0 aliphatic carbocycles. The van der Waals surface area contributed by atoms with Gasteiger partial charge in [-0.1, -0.05) is 0 Å². The van der Waals surface area contributed by atoms with Gasteiger partial charge in [0.25, 0.3) is 0 Å². The summed E-state index contributed by atoms with van der Waals surface area (Å²) in [5.74, 6) is 1.04. The van der Waals surface area contributed by atoms with Crippen LogP contribution in [0.15, 0.2) is 41.5 Å². The Labute approximate surface area is 124 Å². The van der Waals surface area contributed by atoms with Crippen molar-refractivity contribution in [1.29, 1.82) is 0 Å². The highest BCUT2D eigenvalue weighted by Crippen LogP contribution is 2.39. The van der Waals surface area contributed by atoms with Crippen LogP contribution in [-0.4, -0.2) is 39.7 Å². The number of hydrogen-bond donors (Lipinski definition) is 0. The lowest BCUT2D eigenvalue weighted by molar-refractivity contribution is -0.0546. The Hall–Kier alpha value is -1.59. The molecular weight excluding hydrogens is 266 g/mol. The molecule has 0 radical (unpaired) electrons. The lowest BCUT2D eigenvalue weighted by Gasteiger charge is -2.39. The molecule has 0 N–H and O–H groups in total. The third-order valence-electron chi connectivity index (χ3n) is 4.71. The normalized spacial score (nSPS) is 30.2. The van der Waals surface area contributed by atoms with Crippen molar-refractivity contribution in [3.63, 3.8) is 0 Å². The summed E-state index contributed by atoms with van der Waals surface area (Å²) in [6, 6.07) is 4.43. The summed E-state index contributed by atoms with van der Waals surface area (Å²) >= 11 is 0. The SMILES string of the molecule is c1coc(CN2CCC[C@@]3(C[C@H](n4ccnc4)CO3)C2)c1. The average molecular weight is 287 g/mol. The third-order valence-corrected chi connectivity index (χ3v) is 4.71. The first-order valence-corrected chi connectivity index (χ1v) is 7.69. The summed E-state index contributed by atoms with van der Waals surface area (Å²) in [5, 5.41) is 0.